The zero-order valence-corrected chi connectivity index (χ0v) is 8.04. The Hall–Kier alpha value is -1.36. The minimum Gasteiger partial charge on any atom is -0.477 e. The topological polar surface area (TPSA) is 50.2 Å². The van der Waals surface area contributed by atoms with Gasteiger partial charge in [-0.25, -0.2) is 9.78 Å². The molecule has 0 saturated heterocycles. The predicted octanol–water partition coefficient (Wildman–Crippen LogP) is 1.66. The van der Waals surface area contributed by atoms with Crippen LogP contribution in [0.2, 0.25) is 0 Å². The van der Waals surface area contributed by atoms with E-state index in [2.05, 4.69) is 4.98 Å². The fourth-order valence-corrected chi connectivity index (χ4v) is 2.06. The SMILES string of the molecule is [B]Cc1ccc2cc(C(=O)O)sc2n1. The molecular formula is C9H6BNO2S. The Morgan fingerprint density at radius 2 is 2.36 bits per heavy atom. The Labute approximate surface area is 85.8 Å². The van der Waals surface area contributed by atoms with Crippen LogP contribution < -0.4 is 0 Å². The summed E-state index contributed by atoms with van der Waals surface area (Å²) < 4.78 is 0. The highest BCUT2D eigenvalue weighted by molar-refractivity contribution is 7.20. The molecule has 0 aliphatic heterocycles. The number of thiophene rings is 1. The van der Waals surface area contributed by atoms with Crippen molar-refractivity contribution in [2.24, 2.45) is 0 Å². The van der Waals surface area contributed by atoms with E-state index in [1.54, 1.807) is 12.1 Å². The second-order valence-electron chi connectivity index (χ2n) is 2.82. The van der Waals surface area contributed by atoms with Crippen LogP contribution in [0.15, 0.2) is 18.2 Å². The highest BCUT2D eigenvalue weighted by Crippen LogP contribution is 2.23. The lowest BCUT2D eigenvalue weighted by Crippen LogP contribution is -1.89. The number of aromatic nitrogens is 1. The molecule has 5 heteroatoms. The van der Waals surface area contributed by atoms with Crippen LogP contribution in [0, 0.1) is 0 Å². The van der Waals surface area contributed by atoms with E-state index in [0.29, 0.717) is 11.2 Å². The number of nitrogens with zero attached hydrogens (tertiary/aromatic N) is 1. The minimum atomic E-state index is -0.915. The molecule has 0 spiro atoms. The van der Waals surface area contributed by atoms with E-state index >= 15 is 0 Å². The summed E-state index contributed by atoms with van der Waals surface area (Å²) in [6.07, 6.45) is 0.371. The average Bonchev–Trinajstić information content (AvgIpc) is 2.59. The molecule has 2 aromatic heterocycles. The molecule has 2 heterocycles. The monoisotopic (exact) mass is 203 g/mol. The summed E-state index contributed by atoms with van der Waals surface area (Å²) in [6.45, 7) is 0. The molecule has 0 fully saturated rings. The molecule has 2 aromatic rings. The van der Waals surface area contributed by atoms with Gasteiger partial charge in [-0.2, -0.15) is 0 Å². The highest BCUT2D eigenvalue weighted by Gasteiger charge is 2.08. The van der Waals surface area contributed by atoms with Crippen molar-refractivity contribution < 1.29 is 9.90 Å². The summed E-state index contributed by atoms with van der Waals surface area (Å²) in [5.74, 6) is -0.915. The van der Waals surface area contributed by atoms with Gasteiger partial charge in [-0.3, -0.25) is 0 Å². The van der Waals surface area contributed by atoms with Gasteiger partial charge >= 0.3 is 5.97 Å². The van der Waals surface area contributed by atoms with Gasteiger partial charge < -0.3 is 5.11 Å². The number of carbonyl (C=O) groups is 1. The van der Waals surface area contributed by atoms with Gasteiger partial charge in [-0.05, 0) is 18.5 Å². The third-order valence-corrected chi connectivity index (χ3v) is 2.89. The Bertz CT molecular complexity index is 495. The fraction of sp³-hybridized carbons (Fsp3) is 0.111. The number of fused-ring (bicyclic) bond motifs is 1. The molecule has 2 rings (SSSR count). The maximum atomic E-state index is 10.7. The number of carboxylic acids is 1. The molecule has 0 aliphatic rings. The van der Waals surface area contributed by atoms with E-state index in [-0.39, 0.29) is 0 Å². The zero-order chi connectivity index (χ0) is 10.1. The van der Waals surface area contributed by atoms with Gasteiger partial charge in [0.2, 0.25) is 0 Å². The maximum Gasteiger partial charge on any atom is 0.345 e. The van der Waals surface area contributed by atoms with Crippen LogP contribution in [0.3, 0.4) is 0 Å². The standard InChI is InChI=1S/C9H6BNO2S/c10-4-6-2-1-5-3-7(9(12)13)14-8(5)11-6/h1-3H,4H2,(H,12,13). The second kappa shape index (κ2) is 3.42. The number of rotatable bonds is 2. The number of aromatic carboxylic acids is 1. The van der Waals surface area contributed by atoms with Crippen molar-refractivity contribution in [3.05, 3.63) is 28.8 Å². The Kier molecular flexibility index (Phi) is 2.25. The lowest BCUT2D eigenvalue weighted by atomic mass is 10.0. The molecule has 0 aliphatic carbocycles. The van der Waals surface area contributed by atoms with Crippen molar-refractivity contribution in [2.45, 2.75) is 6.32 Å². The Morgan fingerprint density at radius 1 is 1.57 bits per heavy atom. The smallest absolute Gasteiger partial charge is 0.345 e. The molecule has 3 nitrogen and oxygen atoms in total. The van der Waals surface area contributed by atoms with Gasteiger partial charge in [0.05, 0.1) is 7.85 Å². The first kappa shape index (κ1) is 9.21. The molecule has 0 amide bonds. The van der Waals surface area contributed by atoms with E-state index < -0.39 is 5.97 Å². The van der Waals surface area contributed by atoms with Crippen molar-refractivity contribution in [3.63, 3.8) is 0 Å². The third kappa shape index (κ3) is 1.51. The maximum absolute atomic E-state index is 10.7. The van der Waals surface area contributed by atoms with Crippen molar-refractivity contribution >= 4 is 35.4 Å². The second-order valence-corrected chi connectivity index (χ2v) is 3.85. The molecule has 2 radical (unpaired) electrons. The van der Waals surface area contributed by atoms with Gasteiger partial charge in [0.25, 0.3) is 0 Å². The number of hydrogen-bond donors (Lipinski definition) is 1. The Morgan fingerprint density at radius 3 is 3.00 bits per heavy atom. The first-order valence-electron chi connectivity index (χ1n) is 4.03. The Balaban J connectivity index is 2.60. The van der Waals surface area contributed by atoms with E-state index in [4.69, 9.17) is 13.0 Å². The lowest BCUT2D eigenvalue weighted by Gasteiger charge is -1.93. The summed E-state index contributed by atoms with van der Waals surface area (Å²) in [5.41, 5.74) is 0.774. The van der Waals surface area contributed by atoms with Crippen LogP contribution >= 0.6 is 11.3 Å². The van der Waals surface area contributed by atoms with Crippen molar-refractivity contribution in [1.29, 1.82) is 0 Å². The van der Waals surface area contributed by atoms with Crippen molar-refractivity contribution in [3.8, 4) is 0 Å². The van der Waals surface area contributed by atoms with Gasteiger partial charge in [-0.1, -0.05) is 6.07 Å². The third-order valence-electron chi connectivity index (χ3n) is 1.86. The molecule has 0 saturated carbocycles. The summed E-state index contributed by atoms with van der Waals surface area (Å²) >= 11 is 1.17. The van der Waals surface area contributed by atoms with Crippen LogP contribution in [0.1, 0.15) is 15.4 Å². The quantitative estimate of drug-likeness (QED) is 0.755. The van der Waals surface area contributed by atoms with E-state index in [9.17, 15) is 4.79 Å². The zero-order valence-electron chi connectivity index (χ0n) is 7.23. The number of carboxylic acid groups (broad SMARTS) is 1. The van der Waals surface area contributed by atoms with E-state index in [1.807, 2.05) is 6.07 Å². The molecule has 14 heavy (non-hydrogen) atoms. The van der Waals surface area contributed by atoms with E-state index in [0.717, 1.165) is 15.9 Å². The van der Waals surface area contributed by atoms with Crippen LogP contribution in [0.4, 0.5) is 0 Å². The predicted molar refractivity (Wildman–Crippen MR) is 56.0 cm³/mol. The van der Waals surface area contributed by atoms with Crippen LogP contribution in [-0.2, 0) is 6.32 Å². The number of pyridine rings is 1. The van der Waals surface area contributed by atoms with Crippen LogP contribution in [0.25, 0.3) is 10.2 Å². The van der Waals surface area contributed by atoms with Crippen LogP contribution in [0.5, 0.6) is 0 Å². The molecule has 0 bridgehead atoms. The highest BCUT2D eigenvalue weighted by atomic mass is 32.1. The molecule has 1 N–H and O–H groups in total. The molecule has 0 atom stereocenters. The molecule has 68 valence electrons. The largest absolute Gasteiger partial charge is 0.477 e. The van der Waals surface area contributed by atoms with Gasteiger partial charge in [-0.15, -0.1) is 11.3 Å². The average molecular weight is 203 g/mol. The molecule has 0 unspecified atom stereocenters. The first-order chi connectivity index (χ1) is 6.70. The normalized spacial score (nSPS) is 10.6. The van der Waals surface area contributed by atoms with Gasteiger partial charge in [0.1, 0.15) is 9.71 Å². The van der Waals surface area contributed by atoms with Crippen molar-refractivity contribution in [2.75, 3.05) is 0 Å². The fourth-order valence-electron chi connectivity index (χ4n) is 1.18. The number of hydrogen-bond acceptors (Lipinski definition) is 3. The summed E-state index contributed by atoms with van der Waals surface area (Å²) in [6, 6.07) is 5.27. The summed E-state index contributed by atoms with van der Waals surface area (Å²) in [4.78, 5) is 15.9. The molecular weight excluding hydrogens is 197 g/mol. The summed E-state index contributed by atoms with van der Waals surface area (Å²) in [7, 11) is 5.43. The van der Waals surface area contributed by atoms with Gasteiger partial charge in [0.15, 0.2) is 0 Å². The van der Waals surface area contributed by atoms with Gasteiger partial charge in [0, 0.05) is 11.1 Å². The van der Waals surface area contributed by atoms with Crippen molar-refractivity contribution in [1.82, 2.24) is 4.98 Å². The van der Waals surface area contributed by atoms with Crippen LogP contribution in [-0.4, -0.2) is 23.9 Å². The van der Waals surface area contributed by atoms with E-state index in [1.165, 1.54) is 11.3 Å². The minimum absolute atomic E-state index is 0.307. The summed E-state index contributed by atoms with van der Waals surface area (Å²) in [5, 5.41) is 9.62. The first-order valence-corrected chi connectivity index (χ1v) is 4.85. The lowest BCUT2D eigenvalue weighted by molar-refractivity contribution is 0.0702. The molecule has 0 aromatic carbocycles.